The Bertz CT molecular complexity index is 228. The Morgan fingerprint density at radius 1 is 1.17 bits per heavy atom. The molecule has 12 heavy (non-hydrogen) atoms. The lowest BCUT2D eigenvalue weighted by atomic mass is 10.2. The van der Waals surface area contributed by atoms with E-state index in [0.717, 1.165) is 5.56 Å². The van der Waals surface area contributed by atoms with Gasteiger partial charge in [0.25, 0.3) is 5.76 Å². The predicted molar refractivity (Wildman–Crippen MR) is 51.7 cm³/mol. The molecule has 0 nitrogen and oxygen atoms in total. The van der Waals surface area contributed by atoms with Crippen molar-refractivity contribution < 1.29 is 8.78 Å². The summed E-state index contributed by atoms with van der Waals surface area (Å²) >= 11 is 3.76. The summed E-state index contributed by atoms with van der Waals surface area (Å²) in [5.74, 6) is -2.34. The van der Waals surface area contributed by atoms with E-state index in [9.17, 15) is 8.78 Å². The molecule has 4 heteroatoms. The van der Waals surface area contributed by atoms with Gasteiger partial charge in [-0.15, -0.1) is 0 Å². The van der Waals surface area contributed by atoms with Crippen LogP contribution in [0.3, 0.4) is 0 Å². The SMILES string of the molecule is FC(F)SC(Br)c1ccccc1. The molecule has 0 bridgehead atoms. The zero-order valence-electron chi connectivity index (χ0n) is 6.08. The van der Waals surface area contributed by atoms with Crippen LogP contribution in [-0.2, 0) is 0 Å². The van der Waals surface area contributed by atoms with E-state index in [-0.39, 0.29) is 4.16 Å². The summed E-state index contributed by atoms with van der Waals surface area (Å²) in [5, 5.41) is 0. The van der Waals surface area contributed by atoms with Crippen LogP contribution >= 0.6 is 27.7 Å². The Morgan fingerprint density at radius 2 is 1.75 bits per heavy atom. The highest BCUT2D eigenvalue weighted by molar-refractivity contribution is 9.11. The van der Waals surface area contributed by atoms with Crippen LogP contribution in [0.15, 0.2) is 30.3 Å². The van der Waals surface area contributed by atoms with Crippen molar-refractivity contribution in [3.8, 4) is 0 Å². The Morgan fingerprint density at radius 3 is 2.25 bits per heavy atom. The number of thioether (sulfide) groups is 1. The first-order valence-electron chi connectivity index (χ1n) is 3.33. The lowest BCUT2D eigenvalue weighted by Crippen LogP contribution is -1.88. The van der Waals surface area contributed by atoms with Crippen LogP contribution < -0.4 is 0 Å². The topological polar surface area (TPSA) is 0 Å². The van der Waals surface area contributed by atoms with Crippen LogP contribution in [0.4, 0.5) is 8.78 Å². The molecule has 0 saturated heterocycles. The van der Waals surface area contributed by atoms with Crippen LogP contribution in [0.1, 0.15) is 9.72 Å². The molecule has 0 radical (unpaired) electrons. The molecule has 1 aromatic rings. The highest BCUT2D eigenvalue weighted by atomic mass is 79.9. The molecule has 0 saturated carbocycles. The molecule has 0 aliphatic rings. The molecule has 0 amide bonds. The van der Waals surface area contributed by atoms with Crippen LogP contribution in [-0.4, -0.2) is 5.76 Å². The lowest BCUT2D eigenvalue weighted by Gasteiger charge is -2.07. The second kappa shape index (κ2) is 4.82. The van der Waals surface area contributed by atoms with Gasteiger partial charge in [0.2, 0.25) is 0 Å². The third-order valence-corrected chi connectivity index (χ3v) is 3.18. The second-order valence-electron chi connectivity index (χ2n) is 2.12. The highest BCUT2D eigenvalue weighted by Crippen LogP contribution is 2.38. The van der Waals surface area contributed by atoms with Crippen molar-refractivity contribution in [2.75, 3.05) is 0 Å². The van der Waals surface area contributed by atoms with Crippen LogP contribution in [0, 0.1) is 0 Å². The van der Waals surface area contributed by atoms with Crippen molar-refractivity contribution in [3.63, 3.8) is 0 Å². The molecule has 0 heterocycles. The third-order valence-electron chi connectivity index (χ3n) is 1.28. The minimum Gasteiger partial charge on any atom is -0.198 e. The fraction of sp³-hybridized carbons (Fsp3) is 0.250. The van der Waals surface area contributed by atoms with Gasteiger partial charge in [0.05, 0.1) is 4.16 Å². The zero-order valence-corrected chi connectivity index (χ0v) is 8.49. The first kappa shape index (κ1) is 9.99. The van der Waals surface area contributed by atoms with E-state index in [4.69, 9.17) is 0 Å². The van der Waals surface area contributed by atoms with Gasteiger partial charge in [-0.2, -0.15) is 8.78 Å². The summed E-state index contributed by atoms with van der Waals surface area (Å²) in [6.45, 7) is 0. The molecular weight excluding hydrogens is 246 g/mol. The van der Waals surface area contributed by atoms with Gasteiger partial charge in [-0.05, 0) is 5.56 Å². The van der Waals surface area contributed by atoms with E-state index in [0.29, 0.717) is 11.8 Å². The molecule has 0 spiro atoms. The summed E-state index contributed by atoms with van der Waals surface area (Å²) in [6.07, 6.45) is 0. The van der Waals surface area contributed by atoms with E-state index in [1.807, 2.05) is 30.3 Å². The fourth-order valence-electron chi connectivity index (χ4n) is 0.773. The Balaban J connectivity index is 2.59. The average Bonchev–Trinajstić information content (AvgIpc) is 2.05. The predicted octanol–water partition coefficient (Wildman–Crippen LogP) is 4.04. The summed E-state index contributed by atoms with van der Waals surface area (Å²) in [7, 11) is 0. The standard InChI is InChI=1S/C8H7BrF2S/c9-7(12-8(10)11)6-4-2-1-3-5-6/h1-5,7-8H. The number of hydrogen-bond donors (Lipinski definition) is 0. The molecule has 1 aromatic carbocycles. The van der Waals surface area contributed by atoms with Crippen molar-refractivity contribution >= 4 is 27.7 Å². The quantitative estimate of drug-likeness (QED) is 0.732. The molecule has 0 N–H and O–H groups in total. The smallest absolute Gasteiger partial charge is 0.198 e. The molecule has 0 fully saturated rings. The van der Waals surface area contributed by atoms with E-state index in [1.165, 1.54) is 0 Å². The van der Waals surface area contributed by atoms with E-state index >= 15 is 0 Å². The summed E-state index contributed by atoms with van der Waals surface area (Å²) in [5.41, 5.74) is 0.864. The van der Waals surface area contributed by atoms with Crippen molar-refractivity contribution in [2.24, 2.45) is 0 Å². The maximum atomic E-state index is 11.9. The molecular formula is C8H7BrF2S. The number of alkyl halides is 3. The Kier molecular flexibility index (Phi) is 4.01. The van der Waals surface area contributed by atoms with Gasteiger partial charge >= 0.3 is 0 Å². The van der Waals surface area contributed by atoms with Gasteiger partial charge in [0.1, 0.15) is 0 Å². The fourth-order valence-corrected chi connectivity index (χ4v) is 2.06. The monoisotopic (exact) mass is 252 g/mol. The number of rotatable bonds is 3. The van der Waals surface area contributed by atoms with Gasteiger partial charge in [0.15, 0.2) is 0 Å². The van der Waals surface area contributed by atoms with Crippen LogP contribution in [0.5, 0.6) is 0 Å². The molecule has 66 valence electrons. The van der Waals surface area contributed by atoms with Crippen molar-refractivity contribution in [1.82, 2.24) is 0 Å². The summed E-state index contributed by atoms with van der Waals surface area (Å²) in [4.78, 5) is 0. The molecule has 1 unspecified atom stereocenters. The average molecular weight is 253 g/mol. The molecule has 1 rings (SSSR count). The first-order chi connectivity index (χ1) is 5.70. The molecule has 0 aliphatic carbocycles. The first-order valence-corrected chi connectivity index (χ1v) is 5.18. The minimum absolute atomic E-state index is 0.321. The third kappa shape index (κ3) is 3.11. The largest absolute Gasteiger partial charge is 0.285 e. The maximum absolute atomic E-state index is 11.9. The summed E-state index contributed by atoms with van der Waals surface area (Å²) < 4.78 is 23.5. The zero-order chi connectivity index (χ0) is 8.97. The summed E-state index contributed by atoms with van der Waals surface area (Å²) in [6, 6.07) is 9.14. The van der Waals surface area contributed by atoms with Gasteiger partial charge in [-0.25, -0.2) is 0 Å². The maximum Gasteiger partial charge on any atom is 0.285 e. The van der Waals surface area contributed by atoms with Gasteiger partial charge in [0, 0.05) is 0 Å². The van der Waals surface area contributed by atoms with Crippen molar-refractivity contribution in [3.05, 3.63) is 35.9 Å². The Labute approximate surface area is 82.5 Å². The Hall–Kier alpha value is -0.0900. The second-order valence-corrected chi connectivity index (χ2v) is 4.75. The molecule has 0 aliphatic heterocycles. The van der Waals surface area contributed by atoms with Crippen molar-refractivity contribution in [2.45, 2.75) is 9.92 Å². The van der Waals surface area contributed by atoms with Crippen molar-refractivity contribution in [1.29, 1.82) is 0 Å². The van der Waals surface area contributed by atoms with E-state index < -0.39 is 5.76 Å². The molecule has 1 atom stereocenters. The van der Waals surface area contributed by atoms with Gasteiger partial charge < -0.3 is 0 Å². The number of hydrogen-bond acceptors (Lipinski definition) is 1. The van der Waals surface area contributed by atoms with E-state index in [1.54, 1.807) is 0 Å². The van der Waals surface area contributed by atoms with E-state index in [2.05, 4.69) is 15.9 Å². The normalized spacial score (nSPS) is 13.3. The minimum atomic E-state index is -2.34. The lowest BCUT2D eigenvalue weighted by molar-refractivity contribution is 0.252. The van der Waals surface area contributed by atoms with Gasteiger partial charge in [-0.1, -0.05) is 58.0 Å². The highest BCUT2D eigenvalue weighted by Gasteiger charge is 2.13. The van der Waals surface area contributed by atoms with Crippen LogP contribution in [0.2, 0.25) is 0 Å². The number of benzene rings is 1. The van der Waals surface area contributed by atoms with Gasteiger partial charge in [-0.3, -0.25) is 0 Å². The number of halogens is 3. The van der Waals surface area contributed by atoms with Crippen LogP contribution in [0.25, 0.3) is 0 Å². The molecule has 0 aromatic heterocycles.